The Bertz CT molecular complexity index is 1530. The summed E-state index contributed by atoms with van der Waals surface area (Å²) in [6.45, 7) is 0. The Morgan fingerprint density at radius 3 is 2.59 bits per heavy atom. The van der Waals surface area contributed by atoms with Gasteiger partial charge in [0, 0.05) is 11.4 Å². The van der Waals surface area contributed by atoms with Crippen LogP contribution in [-0.2, 0) is 6.18 Å². The number of rotatable bonds is 4. The molecule has 0 saturated carbocycles. The molecule has 0 bridgehead atoms. The van der Waals surface area contributed by atoms with E-state index in [0.717, 1.165) is 16.8 Å². The lowest BCUT2D eigenvalue weighted by Crippen LogP contribution is -2.19. The van der Waals surface area contributed by atoms with Crippen molar-refractivity contribution in [2.24, 2.45) is 0 Å². The number of benzene rings is 2. The van der Waals surface area contributed by atoms with Crippen molar-refractivity contribution in [3.63, 3.8) is 0 Å². The Labute approximate surface area is 197 Å². The highest BCUT2D eigenvalue weighted by atomic mass is 35.5. The smallest absolute Gasteiger partial charge is 0.340 e. The van der Waals surface area contributed by atoms with Crippen LogP contribution in [0.5, 0.6) is 0 Å². The highest BCUT2D eigenvalue weighted by Gasteiger charge is 2.33. The van der Waals surface area contributed by atoms with E-state index in [1.165, 1.54) is 30.1 Å². The third kappa shape index (κ3) is 4.43. The summed E-state index contributed by atoms with van der Waals surface area (Å²) < 4.78 is 39.8. The van der Waals surface area contributed by atoms with Crippen LogP contribution in [0.25, 0.3) is 21.4 Å². The van der Waals surface area contributed by atoms with Gasteiger partial charge in [-0.05, 0) is 36.4 Å². The van der Waals surface area contributed by atoms with Gasteiger partial charge >= 0.3 is 12.2 Å². The van der Waals surface area contributed by atoms with Crippen molar-refractivity contribution in [3.8, 4) is 0 Å². The summed E-state index contributed by atoms with van der Waals surface area (Å²) in [4.78, 5) is 32.1. The number of H-pyrrole nitrogens is 1. The fourth-order valence-corrected chi connectivity index (χ4v) is 4.26. The van der Waals surface area contributed by atoms with Crippen LogP contribution in [0.4, 0.5) is 40.3 Å². The molecule has 34 heavy (non-hydrogen) atoms. The summed E-state index contributed by atoms with van der Waals surface area (Å²) in [6, 6.07) is 7.47. The topological polar surface area (TPSA) is 121 Å². The molecule has 0 saturated heterocycles. The van der Waals surface area contributed by atoms with Gasteiger partial charge in [0.2, 0.25) is 0 Å². The fourth-order valence-electron chi connectivity index (χ4n) is 3.13. The number of alkyl halides is 3. The van der Waals surface area contributed by atoms with E-state index in [1.807, 2.05) is 0 Å². The number of urea groups is 1. The van der Waals surface area contributed by atoms with Gasteiger partial charge in [-0.3, -0.25) is 0 Å². The zero-order chi connectivity index (χ0) is 23.9. The number of thiazole rings is 1. The molecule has 0 fully saturated rings. The Morgan fingerprint density at radius 1 is 1.03 bits per heavy atom. The second-order valence-corrected chi connectivity index (χ2v) is 8.36. The number of amides is 2. The molecule has 172 valence electrons. The van der Waals surface area contributed by atoms with E-state index < -0.39 is 22.8 Å². The van der Waals surface area contributed by atoms with Gasteiger partial charge in [0.05, 0.1) is 27.1 Å². The lowest BCUT2D eigenvalue weighted by Gasteiger charge is -2.12. The minimum absolute atomic E-state index is 0.0467. The summed E-state index contributed by atoms with van der Waals surface area (Å²) in [7, 11) is 0. The molecule has 0 aliphatic carbocycles. The minimum Gasteiger partial charge on any atom is -0.340 e. The molecule has 5 aromatic rings. The number of hydrogen-bond donors (Lipinski definition) is 4. The molecule has 2 amide bonds. The Morgan fingerprint density at radius 2 is 1.79 bits per heavy atom. The second-order valence-electron chi connectivity index (χ2n) is 6.92. The van der Waals surface area contributed by atoms with Crippen LogP contribution in [0.1, 0.15) is 5.56 Å². The molecule has 9 nitrogen and oxygen atoms in total. The lowest BCUT2D eigenvalue weighted by molar-refractivity contribution is -0.137. The average Bonchev–Trinajstić information content (AvgIpc) is 3.41. The first kappa shape index (κ1) is 21.9. The number of imidazole rings is 1. The average molecular weight is 505 g/mol. The van der Waals surface area contributed by atoms with Crippen molar-refractivity contribution >= 4 is 72.7 Å². The molecule has 3 aromatic heterocycles. The molecule has 3 heterocycles. The largest absolute Gasteiger partial charge is 0.417 e. The van der Waals surface area contributed by atoms with Gasteiger partial charge in [-0.15, -0.1) is 0 Å². The van der Waals surface area contributed by atoms with E-state index in [-0.39, 0.29) is 5.69 Å². The number of aromatic nitrogens is 5. The molecule has 0 spiro atoms. The number of carbonyl (C=O) groups is 1. The molecule has 0 radical (unpaired) electrons. The summed E-state index contributed by atoms with van der Waals surface area (Å²) in [5, 5.41) is 8.20. The van der Waals surface area contributed by atoms with Crippen LogP contribution in [0.2, 0.25) is 5.02 Å². The van der Waals surface area contributed by atoms with Gasteiger partial charge in [-0.25, -0.2) is 24.7 Å². The lowest BCUT2D eigenvalue weighted by atomic mass is 10.2. The number of halogens is 4. The van der Waals surface area contributed by atoms with Gasteiger partial charge in [0.15, 0.2) is 16.6 Å². The molecular formula is C20H12ClF3N8OS. The van der Waals surface area contributed by atoms with Gasteiger partial charge in [0.25, 0.3) is 0 Å². The van der Waals surface area contributed by atoms with Gasteiger partial charge in [-0.2, -0.15) is 13.2 Å². The molecule has 14 heteroatoms. The molecule has 5 rings (SSSR count). The van der Waals surface area contributed by atoms with Crippen LogP contribution in [0, 0.1) is 0 Å². The molecule has 0 atom stereocenters. The predicted molar refractivity (Wildman–Crippen MR) is 124 cm³/mol. The molecule has 0 aliphatic rings. The maximum Gasteiger partial charge on any atom is 0.417 e. The van der Waals surface area contributed by atoms with E-state index in [2.05, 4.69) is 40.9 Å². The monoisotopic (exact) mass is 504 g/mol. The number of hydrogen-bond acceptors (Lipinski definition) is 7. The maximum absolute atomic E-state index is 13.0. The fraction of sp³-hybridized carbons (Fsp3) is 0.0500. The highest BCUT2D eigenvalue weighted by molar-refractivity contribution is 7.22. The van der Waals surface area contributed by atoms with Crippen molar-refractivity contribution in [2.75, 3.05) is 16.0 Å². The van der Waals surface area contributed by atoms with E-state index in [4.69, 9.17) is 11.6 Å². The maximum atomic E-state index is 13.0. The third-order valence-electron chi connectivity index (χ3n) is 4.62. The number of anilines is 4. The second kappa shape index (κ2) is 8.43. The Balaban J connectivity index is 1.31. The first-order valence-corrected chi connectivity index (χ1v) is 10.7. The number of carbonyl (C=O) groups excluding carboxylic acids is 1. The molecule has 4 N–H and O–H groups in total. The molecule has 2 aromatic carbocycles. The van der Waals surface area contributed by atoms with Crippen LogP contribution in [0.3, 0.4) is 0 Å². The number of fused-ring (bicyclic) bond motifs is 2. The normalized spacial score (nSPS) is 11.6. The third-order valence-corrected chi connectivity index (χ3v) is 5.89. The van der Waals surface area contributed by atoms with Crippen molar-refractivity contribution < 1.29 is 18.0 Å². The molecule has 0 aliphatic heterocycles. The number of nitrogens with zero attached hydrogens (tertiary/aromatic N) is 4. The quantitative estimate of drug-likeness (QED) is 0.237. The molecular weight excluding hydrogens is 493 g/mol. The van der Waals surface area contributed by atoms with Crippen LogP contribution < -0.4 is 16.0 Å². The summed E-state index contributed by atoms with van der Waals surface area (Å²) in [6.07, 6.45) is -1.74. The van der Waals surface area contributed by atoms with Gasteiger partial charge < -0.3 is 20.9 Å². The van der Waals surface area contributed by atoms with E-state index >= 15 is 0 Å². The van der Waals surface area contributed by atoms with E-state index in [1.54, 1.807) is 18.2 Å². The highest BCUT2D eigenvalue weighted by Crippen LogP contribution is 2.36. The van der Waals surface area contributed by atoms with Crippen LogP contribution >= 0.6 is 22.9 Å². The zero-order valence-electron chi connectivity index (χ0n) is 16.7. The van der Waals surface area contributed by atoms with Crippen molar-refractivity contribution in [1.29, 1.82) is 0 Å². The SMILES string of the molecule is O=C(Nc1ccc(Cl)c(C(F)(F)F)c1)Nc1ccc2nc(Nc3ncnc4nc[nH]c34)sc2c1. The first-order chi connectivity index (χ1) is 16.3. The Hall–Kier alpha value is -3.97. The first-order valence-electron chi connectivity index (χ1n) is 9.53. The minimum atomic E-state index is -4.64. The predicted octanol–water partition coefficient (Wildman–Crippen LogP) is 6.02. The molecule has 0 unspecified atom stereocenters. The van der Waals surface area contributed by atoms with E-state index in [0.29, 0.717) is 33.3 Å². The van der Waals surface area contributed by atoms with Crippen molar-refractivity contribution in [3.05, 3.63) is 59.6 Å². The van der Waals surface area contributed by atoms with Gasteiger partial charge in [-0.1, -0.05) is 22.9 Å². The van der Waals surface area contributed by atoms with Crippen molar-refractivity contribution in [1.82, 2.24) is 24.9 Å². The summed E-state index contributed by atoms with van der Waals surface area (Å²) in [5.41, 5.74) is 1.18. The van der Waals surface area contributed by atoms with Crippen LogP contribution in [-0.4, -0.2) is 31.0 Å². The van der Waals surface area contributed by atoms with Gasteiger partial charge in [0.1, 0.15) is 11.8 Å². The van der Waals surface area contributed by atoms with E-state index in [9.17, 15) is 18.0 Å². The number of nitrogens with one attached hydrogen (secondary N) is 4. The summed E-state index contributed by atoms with van der Waals surface area (Å²) in [5.74, 6) is 0.514. The number of aromatic amines is 1. The Kier molecular flexibility index (Phi) is 5.42. The van der Waals surface area contributed by atoms with Crippen LogP contribution in [0.15, 0.2) is 49.1 Å². The van der Waals surface area contributed by atoms with Crippen molar-refractivity contribution in [2.45, 2.75) is 6.18 Å². The zero-order valence-corrected chi connectivity index (χ0v) is 18.3. The summed E-state index contributed by atoms with van der Waals surface area (Å²) >= 11 is 6.93. The standard InChI is InChI=1S/C20H12ClF3N8OS/c21-12-3-1-9(5-11(12)20(22,23)24)29-18(33)30-10-2-4-13-14(6-10)34-19(31-13)32-17-15-16(26-7-25-15)27-8-28-17/h1-8H,(H2,29,30,33)(H2,25,26,27,28,31,32).